The number of hydrogen-bond donors (Lipinski definition) is 4. The zero-order valence-electron chi connectivity index (χ0n) is 18.5. The summed E-state index contributed by atoms with van der Waals surface area (Å²) in [6, 6.07) is 12.7. The molecule has 4 aromatic rings. The average molecular weight is 494 g/mol. The Bertz CT molecular complexity index is 1480. The van der Waals surface area contributed by atoms with E-state index < -0.39 is 18.4 Å². The minimum absolute atomic E-state index is 0.147. The molecule has 0 bridgehead atoms. The van der Waals surface area contributed by atoms with Gasteiger partial charge in [-0.05, 0) is 47.9 Å². The van der Waals surface area contributed by atoms with Gasteiger partial charge in [-0.1, -0.05) is 29.8 Å². The number of aliphatic carboxylic acids is 1. The predicted octanol–water partition coefficient (Wildman–Crippen LogP) is 4.03. The molecule has 178 valence electrons. The van der Waals surface area contributed by atoms with E-state index in [2.05, 4.69) is 15.3 Å². The number of carboxylic acid groups (broad SMARTS) is 1. The molecule has 35 heavy (non-hydrogen) atoms. The van der Waals surface area contributed by atoms with E-state index in [1.807, 2.05) is 31.2 Å². The summed E-state index contributed by atoms with van der Waals surface area (Å²) in [5.74, 6) is -1.06. The number of ether oxygens (including phenoxy) is 2. The normalized spacial score (nSPS) is 12.2. The smallest absolute Gasteiger partial charge is 0.322 e. The van der Waals surface area contributed by atoms with E-state index in [1.165, 1.54) is 0 Å². The summed E-state index contributed by atoms with van der Waals surface area (Å²) in [7, 11) is 0. The molecule has 0 spiro atoms. The van der Waals surface area contributed by atoms with Crippen LogP contribution >= 0.6 is 11.6 Å². The van der Waals surface area contributed by atoms with Crippen molar-refractivity contribution in [3.8, 4) is 28.5 Å². The number of carboxylic acids is 1. The first-order valence-corrected chi connectivity index (χ1v) is 11.1. The second kappa shape index (κ2) is 8.84. The number of pyridine rings is 1. The highest BCUT2D eigenvalue weighted by Crippen LogP contribution is 2.39. The number of nitrogens with one attached hydrogen (secondary N) is 2. The van der Waals surface area contributed by atoms with Gasteiger partial charge in [-0.3, -0.25) is 9.59 Å². The third-order valence-electron chi connectivity index (χ3n) is 5.80. The highest BCUT2D eigenvalue weighted by atomic mass is 35.5. The SMILES string of the molecule is Cc1c(-c2ccc(Cl)cc2)[nH]c2c(Cc3ccc4c(c3)OCO4)nc(C(=O)NCC(=O)O)c(O)c12. The molecule has 4 N–H and O–H groups in total. The summed E-state index contributed by atoms with van der Waals surface area (Å²) in [6.45, 7) is 1.37. The van der Waals surface area contributed by atoms with Crippen molar-refractivity contribution in [2.75, 3.05) is 13.3 Å². The molecule has 2 aromatic heterocycles. The van der Waals surface area contributed by atoms with Gasteiger partial charge >= 0.3 is 5.97 Å². The highest BCUT2D eigenvalue weighted by molar-refractivity contribution is 6.30. The molecule has 10 heteroatoms. The fourth-order valence-electron chi connectivity index (χ4n) is 4.14. The number of H-pyrrole nitrogens is 1. The number of halogens is 1. The number of rotatable bonds is 6. The Labute approximate surface area is 204 Å². The van der Waals surface area contributed by atoms with Crippen molar-refractivity contribution in [2.45, 2.75) is 13.3 Å². The lowest BCUT2D eigenvalue weighted by Crippen LogP contribution is -2.30. The number of fused-ring (bicyclic) bond motifs is 2. The van der Waals surface area contributed by atoms with Gasteiger partial charge in [-0.2, -0.15) is 0 Å². The van der Waals surface area contributed by atoms with Crippen LogP contribution in [0.25, 0.3) is 22.2 Å². The maximum Gasteiger partial charge on any atom is 0.322 e. The first-order valence-electron chi connectivity index (χ1n) is 10.7. The Kier molecular flexibility index (Phi) is 5.70. The van der Waals surface area contributed by atoms with Gasteiger partial charge in [0, 0.05) is 22.5 Å². The minimum atomic E-state index is -1.21. The molecule has 3 heterocycles. The molecule has 9 nitrogen and oxygen atoms in total. The van der Waals surface area contributed by atoms with Gasteiger partial charge < -0.3 is 30.0 Å². The zero-order chi connectivity index (χ0) is 24.7. The second-order valence-electron chi connectivity index (χ2n) is 8.08. The van der Waals surface area contributed by atoms with Crippen LogP contribution in [0.1, 0.15) is 27.3 Å². The van der Waals surface area contributed by atoms with E-state index in [-0.39, 0.29) is 18.2 Å². The summed E-state index contributed by atoms with van der Waals surface area (Å²) >= 11 is 6.04. The minimum Gasteiger partial charge on any atom is -0.505 e. The molecule has 0 radical (unpaired) electrons. The summed E-state index contributed by atoms with van der Waals surface area (Å²) in [5.41, 5.74) is 3.96. The number of nitrogens with zero attached hydrogens (tertiary/aromatic N) is 1. The quantitative estimate of drug-likeness (QED) is 0.318. The molecule has 1 aliphatic heterocycles. The van der Waals surface area contributed by atoms with Crippen molar-refractivity contribution in [1.29, 1.82) is 0 Å². The number of carbonyl (C=O) groups is 2. The van der Waals surface area contributed by atoms with Gasteiger partial charge in [0.2, 0.25) is 6.79 Å². The van der Waals surface area contributed by atoms with Gasteiger partial charge in [0.05, 0.1) is 11.2 Å². The van der Waals surface area contributed by atoms with Crippen LogP contribution in [0.15, 0.2) is 42.5 Å². The van der Waals surface area contributed by atoms with Crippen molar-refractivity contribution in [3.63, 3.8) is 0 Å². The fourth-order valence-corrected chi connectivity index (χ4v) is 4.27. The van der Waals surface area contributed by atoms with E-state index >= 15 is 0 Å². The van der Waals surface area contributed by atoms with Crippen molar-refractivity contribution in [2.24, 2.45) is 0 Å². The van der Waals surface area contributed by atoms with E-state index in [0.717, 1.165) is 16.8 Å². The lowest BCUT2D eigenvalue weighted by atomic mass is 10.0. The number of aromatic hydroxyl groups is 1. The molecule has 1 amide bonds. The number of benzene rings is 2. The average Bonchev–Trinajstić information content (AvgIpc) is 3.44. The van der Waals surface area contributed by atoms with Crippen LogP contribution in [0.2, 0.25) is 5.02 Å². The molecular weight excluding hydrogens is 474 g/mol. The third-order valence-corrected chi connectivity index (χ3v) is 6.06. The lowest BCUT2D eigenvalue weighted by Gasteiger charge is -2.11. The Balaban J connectivity index is 1.66. The van der Waals surface area contributed by atoms with Crippen LogP contribution in [0.5, 0.6) is 17.2 Å². The molecule has 0 unspecified atom stereocenters. The maximum atomic E-state index is 12.7. The summed E-state index contributed by atoms with van der Waals surface area (Å²) in [6.07, 6.45) is 0.312. The maximum absolute atomic E-state index is 12.7. The van der Waals surface area contributed by atoms with Crippen molar-refractivity contribution < 1.29 is 29.3 Å². The molecule has 5 rings (SSSR count). The van der Waals surface area contributed by atoms with E-state index in [4.69, 9.17) is 26.2 Å². The molecular formula is C25H20ClN3O6. The Morgan fingerprint density at radius 1 is 1.14 bits per heavy atom. The number of aryl methyl sites for hydroxylation is 1. The topological polar surface area (TPSA) is 134 Å². The molecule has 2 aromatic carbocycles. The van der Waals surface area contributed by atoms with Crippen molar-refractivity contribution >= 4 is 34.4 Å². The number of aromatic amines is 1. The van der Waals surface area contributed by atoms with Crippen LogP contribution in [0.3, 0.4) is 0 Å². The molecule has 0 saturated heterocycles. The van der Waals surface area contributed by atoms with E-state index in [1.54, 1.807) is 18.2 Å². The van der Waals surface area contributed by atoms with Gasteiger partial charge in [0.15, 0.2) is 22.9 Å². The number of carbonyl (C=O) groups excluding carboxylic acids is 1. The Morgan fingerprint density at radius 2 is 1.89 bits per heavy atom. The summed E-state index contributed by atoms with van der Waals surface area (Å²) < 4.78 is 10.8. The molecule has 0 aliphatic carbocycles. The molecule has 0 saturated carbocycles. The second-order valence-corrected chi connectivity index (χ2v) is 8.51. The Hall–Kier alpha value is -4.24. The molecule has 1 aliphatic rings. The number of aromatic nitrogens is 2. The first kappa shape index (κ1) is 22.5. The van der Waals surface area contributed by atoms with E-state index in [9.17, 15) is 14.7 Å². The standard InChI is InChI=1S/C25H20ClN3O6/c1-12-20-22(29-21(12)14-3-5-15(26)6-4-14)16(8-13-2-7-17-18(9-13)35-11-34-17)28-23(24(20)32)25(33)27-10-19(30)31/h2-7,9,29,32H,8,10-11H2,1H3,(H,27,33)(H,30,31). The monoisotopic (exact) mass is 493 g/mol. The van der Waals surface area contributed by atoms with E-state index in [0.29, 0.717) is 45.1 Å². The zero-order valence-corrected chi connectivity index (χ0v) is 19.3. The Morgan fingerprint density at radius 3 is 2.63 bits per heavy atom. The summed E-state index contributed by atoms with van der Waals surface area (Å²) in [4.78, 5) is 31.5. The lowest BCUT2D eigenvalue weighted by molar-refractivity contribution is -0.135. The third kappa shape index (κ3) is 4.22. The predicted molar refractivity (Wildman–Crippen MR) is 128 cm³/mol. The highest BCUT2D eigenvalue weighted by Gasteiger charge is 2.25. The number of amides is 1. The van der Waals surface area contributed by atoms with Crippen LogP contribution in [-0.4, -0.2) is 45.4 Å². The van der Waals surface area contributed by atoms with Gasteiger partial charge in [-0.25, -0.2) is 4.98 Å². The van der Waals surface area contributed by atoms with Crippen molar-refractivity contribution in [1.82, 2.24) is 15.3 Å². The molecule has 0 atom stereocenters. The van der Waals surface area contributed by atoms with Gasteiger partial charge in [0.25, 0.3) is 5.91 Å². The largest absolute Gasteiger partial charge is 0.505 e. The van der Waals surface area contributed by atoms with Crippen LogP contribution in [0, 0.1) is 6.92 Å². The fraction of sp³-hybridized carbons (Fsp3) is 0.160. The van der Waals surface area contributed by atoms with Crippen molar-refractivity contribution in [3.05, 3.63) is 70.0 Å². The van der Waals surface area contributed by atoms with Crippen LogP contribution < -0.4 is 14.8 Å². The van der Waals surface area contributed by atoms with Crippen LogP contribution in [0.4, 0.5) is 0 Å². The summed E-state index contributed by atoms with van der Waals surface area (Å²) in [5, 5.41) is 23.3. The van der Waals surface area contributed by atoms with Gasteiger partial charge in [-0.15, -0.1) is 0 Å². The molecule has 0 fully saturated rings. The van der Waals surface area contributed by atoms with Crippen LogP contribution in [-0.2, 0) is 11.2 Å². The number of hydrogen-bond acceptors (Lipinski definition) is 6. The van der Waals surface area contributed by atoms with Gasteiger partial charge in [0.1, 0.15) is 6.54 Å². The first-order chi connectivity index (χ1) is 16.8.